The topological polar surface area (TPSA) is 57.7 Å². The summed E-state index contributed by atoms with van der Waals surface area (Å²) in [5.74, 6) is -0.511. The van der Waals surface area contributed by atoms with Crippen LogP contribution in [0.5, 0.6) is 0 Å². The minimum absolute atomic E-state index is 0.0200. The second kappa shape index (κ2) is 8.87. The summed E-state index contributed by atoms with van der Waals surface area (Å²) in [6.07, 6.45) is 3.25. The van der Waals surface area contributed by atoms with Crippen molar-refractivity contribution in [1.82, 2.24) is 4.31 Å². The molecule has 5 nitrogen and oxygen atoms in total. The van der Waals surface area contributed by atoms with Crippen molar-refractivity contribution in [3.05, 3.63) is 63.6 Å². The second-order valence-corrected chi connectivity index (χ2v) is 10.7. The van der Waals surface area contributed by atoms with Crippen molar-refractivity contribution in [2.24, 2.45) is 5.92 Å². The van der Waals surface area contributed by atoms with E-state index in [1.807, 2.05) is 23.1 Å². The molecule has 0 aromatic heterocycles. The maximum absolute atomic E-state index is 13.3. The lowest BCUT2D eigenvalue weighted by atomic mass is 9.95. The van der Waals surface area contributed by atoms with Gasteiger partial charge in [0.15, 0.2) is 0 Å². The van der Waals surface area contributed by atoms with E-state index in [1.54, 1.807) is 18.2 Å². The molecule has 30 heavy (non-hydrogen) atoms. The van der Waals surface area contributed by atoms with Crippen LogP contribution in [0, 0.1) is 5.92 Å². The lowest BCUT2D eigenvalue weighted by molar-refractivity contribution is -0.123. The van der Waals surface area contributed by atoms with E-state index in [0.29, 0.717) is 41.5 Å². The molecular formula is C22H24Cl2N2O3S. The zero-order chi connectivity index (χ0) is 21.3. The average Bonchev–Trinajstić information content (AvgIpc) is 2.75. The van der Waals surface area contributed by atoms with Crippen molar-refractivity contribution in [3.63, 3.8) is 0 Å². The number of benzene rings is 2. The molecule has 0 radical (unpaired) electrons. The van der Waals surface area contributed by atoms with Gasteiger partial charge >= 0.3 is 0 Å². The summed E-state index contributed by atoms with van der Waals surface area (Å²) in [5, 5.41) is 0.798. The van der Waals surface area contributed by atoms with E-state index < -0.39 is 10.0 Å². The van der Waals surface area contributed by atoms with E-state index in [9.17, 15) is 13.2 Å². The standard InChI is InChI=1S/C22H24Cl2N2O3S/c23-19-10-9-18(20(24)13-19)15-30(28,29)25-11-3-7-17(14-25)22(27)26-12-4-6-16-5-1-2-8-21(16)26/h1-2,5,8-10,13,17H,3-4,6-7,11-12,14-15H2/t17-/m0/s1. The van der Waals surface area contributed by atoms with Gasteiger partial charge in [-0.05, 0) is 55.0 Å². The van der Waals surface area contributed by atoms with Gasteiger partial charge in [0.1, 0.15) is 0 Å². The van der Waals surface area contributed by atoms with Crippen LogP contribution in [0.3, 0.4) is 0 Å². The second-order valence-electron chi connectivity index (χ2n) is 7.91. The molecule has 0 bridgehead atoms. The Labute approximate surface area is 187 Å². The third-order valence-electron chi connectivity index (χ3n) is 5.86. The average molecular weight is 467 g/mol. The molecule has 2 heterocycles. The highest BCUT2D eigenvalue weighted by Gasteiger charge is 2.36. The maximum atomic E-state index is 13.3. The summed E-state index contributed by atoms with van der Waals surface area (Å²) in [6.45, 7) is 1.32. The van der Waals surface area contributed by atoms with Gasteiger partial charge in [-0.3, -0.25) is 4.79 Å². The van der Waals surface area contributed by atoms with Crippen molar-refractivity contribution in [1.29, 1.82) is 0 Å². The molecule has 0 unspecified atom stereocenters. The molecule has 2 aliphatic heterocycles. The number of piperidine rings is 1. The summed E-state index contributed by atoms with van der Waals surface area (Å²) >= 11 is 12.1. The number of anilines is 1. The number of carbonyl (C=O) groups excluding carboxylic acids is 1. The molecule has 4 rings (SSSR count). The van der Waals surface area contributed by atoms with E-state index >= 15 is 0 Å². The number of carbonyl (C=O) groups is 1. The van der Waals surface area contributed by atoms with Gasteiger partial charge in [0.25, 0.3) is 0 Å². The number of fused-ring (bicyclic) bond motifs is 1. The quantitative estimate of drug-likeness (QED) is 0.665. The fraction of sp³-hybridized carbons (Fsp3) is 0.409. The van der Waals surface area contributed by atoms with E-state index in [1.165, 1.54) is 9.87 Å². The first kappa shape index (κ1) is 21.6. The Balaban J connectivity index is 1.50. The summed E-state index contributed by atoms with van der Waals surface area (Å²) in [4.78, 5) is 15.1. The number of hydrogen-bond donors (Lipinski definition) is 0. The Morgan fingerprint density at radius 3 is 2.67 bits per heavy atom. The first-order valence-electron chi connectivity index (χ1n) is 10.2. The lowest BCUT2D eigenvalue weighted by Crippen LogP contribution is -2.48. The molecule has 1 amide bonds. The Bertz CT molecular complexity index is 1060. The monoisotopic (exact) mass is 466 g/mol. The van der Waals surface area contributed by atoms with E-state index in [0.717, 1.165) is 18.5 Å². The van der Waals surface area contributed by atoms with Gasteiger partial charge in [-0.2, -0.15) is 0 Å². The summed E-state index contributed by atoms with van der Waals surface area (Å²) in [6, 6.07) is 12.8. The third-order valence-corrected chi connectivity index (χ3v) is 8.24. The van der Waals surface area contributed by atoms with Crippen molar-refractivity contribution in [2.45, 2.75) is 31.4 Å². The highest BCUT2D eigenvalue weighted by molar-refractivity contribution is 7.88. The number of halogens is 2. The highest BCUT2D eigenvalue weighted by atomic mass is 35.5. The van der Waals surface area contributed by atoms with Crippen LogP contribution in [-0.4, -0.2) is 38.3 Å². The van der Waals surface area contributed by atoms with Crippen LogP contribution in [-0.2, 0) is 27.0 Å². The van der Waals surface area contributed by atoms with Gasteiger partial charge < -0.3 is 4.90 Å². The molecule has 1 fully saturated rings. The van der Waals surface area contributed by atoms with Crippen LogP contribution in [0.2, 0.25) is 10.0 Å². The van der Waals surface area contributed by atoms with Crippen molar-refractivity contribution in [3.8, 4) is 0 Å². The van der Waals surface area contributed by atoms with E-state index in [-0.39, 0.29) is 24.1 Å². The normalized spacial score (nSPS) is 20.1. The van der Waals surface area contributed by atoms with Gasteiger partial charge in [-0.1, -0.05) is 47.5 Å². The SMILES string of the molecule is O=C([C@H]1CCCN(S(=O)(=O)Cc2ccc(Cl)cc2Cl)C1)N1CCCc2ccccc21. The molecule has 0 N–H and O–H groups in total. The summed E-state index contributed by atoms with van der Waals surface area (Å²) in [7, 11) is -3.59. The molecule has 0 spiro atoms. The van der Waals surface area contributed by atoms with Gasteiger partial charge in [0, 0.05) is 35.4 Å². The van der Waals surface area contributed by atoms with Gasteiger partial charge in [-0.25, -0.2) is 12.7 Å². The first-order chi connectivity index (χ1) is 14.3. The summed E-state index contributed by atoms with van der Waals surface area (Å²) in [5.41, 5.74) is 2.65. The Kier molecular flexibility index (Phi) is 6.39. The molecule has 0 saturated carbocycles. The maximum Gasteiger partial charge on any atom is 0.231 e. The van der Waals surface area contributed by atoms with Gasteiger partial charge in [0.2, 0.25) is 15.9 Å². The third kappa shape index (κ3) is 4.52. The predicted octanol–water partition coefficient (Wildman–Crippen LogP) is 4.51. The molecular weight excluding hydrogens is 443 g/mol. The fourth-order valence-electron chi connectivity index (χ4n) is 4.31. The van der Waals surface area contributed by atoms with Crippen molar-refractivity contribution >= 4 is 44.8 Å². The largest absolute Gasteiger partial charge is 0.312 e. The molecule has 1 saturated heterocycles. The zero-order valence-corrected chi connectivity index (χ0v) is 18.9. The van der Waals surface area contributed by atoms with Crippen LogP contribution in [0.25, 0.3) is 0 Å². The zero-order valence-electron chi connectivity index (χ0n) is 16.6. The number of para-hydroxylation sites is 1. The number of hydrogen-bond acceptors (Lipinski definition) is 3. The number of sulfonamides is 1. The number of rotatable bonds is 4. The lowest BCUT2D eigenvalue weighted by Gasteiger charge is -2.36. The van der Waals surface area contributed by atoms with Gasteiger partial charge in [0.05, 0.1) is 11.7 Å². The molecule has 8 heteroatoms. The highest BCUT2D eigenvalue weighted by Crippen LogP contribution is 2.31. The number of amides is 1. The van der Waals surface area contributed by atoms with Crippen molar-refractivity contribution < 1.29 is 13.2 Å². The Hall–Kier alpha value is -1.60. The van der Waals surface area contributed by atoms with Crippen LogP contribution >= 0.6 is 23.2 Å². The Morgan fingerprint density at radius 1 is 1.07 bits per heavy atom. The smallest absolute Gasteiger partial charge is 0.231 e. The molecule has 2 aliphatic rings. The van der Waals surface area contributed by atoms with E-state index in [4.69, 9.17) is 23.2 Å². The number of nitrogens with zero attached hydrogens (tertiary/aromatic N) is 2. The van der Waals surface area contributed by atoms with E-state index in [2.05, 4.69) is 6.07 Å². The minimum atomic E-state index is -3.59. The molecule has 2 aromatic carbocycles. The predicted molar refractivity (Wildman–Crippen MR) is 120 cm³/mol. The van der Waals surface area contributed by atoms with Crippen LogP contribution in [0.15, 0.2) is 42.5 Å². The van der Waals surface area contributed by atoms with Crippen LogP contribution in [0.1, 0.15) is 30.4 Å². The molecule has 2 aromatic rings. The van der Waals surface area contributed by atoms with Crippen LogP contribution in [0.4, 0.5) is 5.69 Å². The summed E-state index contributed by atoms with van der Waals surface area (Å²) < 4.78 is 27.5. The minimum Gasteiger partial charge on any atom is -0.312 e. The number of aryl methyl sites for hydroxylation is 1. The molecule has 1 atom stereocenters. The van der Waals surface area contributed by atoms with Crippen LogP contribution < -0.4 is 4.90 Å². The first-order valence-corrected chi connectivity index (χ1v) is 12.5. The fourth-order valence-corrected chi connectivity index (χ4v) is 6.50. The molecule has 0 aliphatic carbocycles. The Morgan fingerprint density at radius 2 is 1.87 bits per heavy atom. The van der Waals surface area contributed by atoms with Gasteiger partial charge in [-0.15, -0.1) is 0 Å². The molecule has 160 valence electrons. The van der Waals surface area contributed by atoms with Crippen molar-refractivity contribution in [2.75, 3.05) is 24.5 Å².